The fourth-order valence-corrected chi connectivity index (χ4v) is 4.05. The van der Waals surface area contributed by atoms with Crippen LogP contribution in [0.4, 0.5) is 0 Å². The maximum atomic E-state index is 13.1. The van der Waals surface area contributed by atoms with Crippen LogP contribution < -0.4 is 0 Å². The number of hydrogen-bond donors (Lipinski definition) is 0. The van der Waals surface area contributed by atoms with Gasteiger partial charge in [-0.15, -0.1) is 10.2 Å². The quantitative estimate of drug-likeness (QED) is 0.625. The van der Waals surface area contributed by atoms with Crippen molar-refractivity contribution >= 4 is 5.91 Å². The summed E-state index contributed by atoms with van der Waals surface area (Å²) in [6.45, 7) is 9.06. The molecule has 2 aromatic heterocycles. The molecular weight excluding hydrogens is 378 g/mol. The first-order chi connectivity index (χ1) is 14.4. The number of amides is 1. The van der Waals surface area contributed by atoms with E-state index in [-0.39, 0.29) is 11.9 Å². The van der Waals surface area contributed by atoms with E-state index >= 15 is 0 Å². The van der Waals surface area contributed by atoms with Gasteiger partial charge in [0.2, 0.25) is 5.89 Å². The van der Waals surface area contributed by atoms with Crippen LogP contribution in [0.5, 0.6) is 0 Å². The minimum atomic E-state index is 0.0920. The molecule has 0 aliphatic carbocycles. The van der Waals surface area contributed by atoms with Crippen LogP contribution >= 0.6 is 0 Å². The Morgan fingerprint density at radius 1 is 1.23 bits per heavy atom. The average Bonchev–Trinajstić information content (AvgIpc) is 3.34. The normalized spacial score (nSPS) is 17.0. The SMILES string of the molecule is Cc1nnc(-c2cc(CC(C)C)n(-c3cccc(C(=O)N4CCCC[C@H]4C)c3)n2)o1. The number of nitrogens with zero attached hydrogens (tertiary/aromatic N) is 5. The van der Waals surface area contributed by atoms with E-state index in [0.717, 1.165) is 37.2 Å². The predicted octanol–water partition coefficient (Wildman–Crippen LogP) is 4.44. The van der Waals surface area contributed by atoms with E-state index in [2.05, 4.69) is 31.0 Å². The second-order valence-electron chi connectivity index (χ2n) is 8.55. The first-order valence-electron chi connectivity index (χ1n) is 10.7. The van der Waals surface area contributed by atoms with Crippen LogP contribution in [0.3, 0.4) is 0 Å². The van der Waals surface area contributed by atoms with Crippen LogP contribution in [-0.4, -0.2) is 43.4 Å². The van der Waals surface area contributed by atoms with Crippen molar-refractivity contribution in [3.63, 3.8) is 0 Å². The summed E-state index contributed by atoms with van der Waals surface area (Å²) in [4.78, 5) is 15.1. The van der Waals surface area contributed by atoms with Crippen molar-refractivity contribution in [2.24, 2.45) is 5.92 Å². The van der Waals surface area contributed by atoms with Crippen LogP contribution in [0, 0.1) is 12.8 Å². The Morgan fingerprint density at radius 3 is 2.77 bits per heavy atom. The number of carbonyl (C=O) groups is 1. The molecule has 3 aromatic rings. The maximum Gasteiger partial charge on any atom is 0.268 e. The molecule has 0 spiro atoms. The monoisotopic (exact) mass is 407 g/mol. The van der Waals surface area contributed by atoms with Crippen molar-refractivity contribution in [1.82, 2.24) is 24.9 Å². The third-order valence-corrected chi connectivity index (χ3v) is 5.55. The highest BCUT2D eigenvalue weighted by molar-refractivity contribution is 5.95. The Bertz CT molecular complexity index is 1040. The van der Waals surface area contributed by atoms with Gasteiger partial charge in [0.05, 0.1) is 5.69 Å². The van der Waals surface area contributed by atoms with E-state index < -0.39 is 0 Å². The molecule has 0 bridgehead atoms. The molecule has 0 N–H and O–H groups in total. The highest BCUT2D eigenvalue weighted by Crippen LogP contribution is 2.24. The van der Waals surface area contributed by atoms with E-state index in [4.69, 9.17) is 9.52 Å². The van der Waals surface area contributed by atoms with Gasteiger partial charge in [-0.3, -0.25) is 4.79 Å². The molecule has 0 unspecified atom stereocenters. The van der Waals surface area contributed by atoms with Gasteiger partial charge >= 0.3 is 0 Å². The number of carbonyl (C=O) groups excluding carboxylic acids is 1. The fourth-order valence-electron chi connectivity index (χ4n) is 4.05. The zero-order valence-corrected chi connectivity index (χ0v) is 18.1. The highest BCUT2D eigenvalue weighted by Gasteiger charge is 2.25. The summed E-state index contributed by atoms with van der Waals surface area (Å²) in [6, 6.07) is 10.0. The molecule has 3 heterocycles. The van der Waals surface area contributed by atoms with E-state index in [1.807, 2.05) is 39.9 Å². The number of rotatable bonds is 5. The first-order valence-corrected chi connectivity index (χ1v) is 10.7. The molecule has 30 heavy (non-hydrogen) atoms. The van der Waals surface area contributed by atoms with Gasteiger partial charge in [0, 0.05) is 30.8 Å². The summed E-state index contributed by atoms with van der Waals surface area (Å²) in [5.41, 5.74) is 3.26. The third kappa shape index (κ3) is 4.15. The molecule has 1 amide bonds. The van der Waals surface area contributed by atoms with E-state index in [1.165, 1.54) is 6.42 Å². The Kier molecular flexibility index (Phi) is 5.70. The summed E-state index contributed by atoms with van der Waals surface area (Å²) in [7, 11) is 0. The molecule has 1 aliphatic heterocycles. The zero-order valence-electron chi connectivity index (χ0n) is 18.1. The molecular formula is C23H29N5O2. The van der Waals surface area contributed by atoms with Crippen LogP contribution in [0.1, 0.15) is 62.0 Å². The molecule has 158 valence electrons. The molecule has 1 aromatic carbocycles. The number of piperidine rings is 1. The second kappa shape index (κ2) is 8.42. The molecule has 7 heteroatoms. The summed E-state index contributed by atoms with van der Waals surface area (Å²) < 4.78 is 7.47. The average molecular weight is 408 g/mol. The van der Waals surface area contributed by atoms with Crippen molar-refractivity contribution in [3.8, 4) is 17.3 Å². The minimum Gasteiger partial charge on any atom is -0.420 e. The van der Waals surface area contributed by atoms with Gasteiger partial charge in [0.15, 0.2) is 0 Å². The summed E-state index contributed by atoms with van der Waals surface area (Å²) in [5, 5.41) is 12.8. The van der Waals surface area contributed by atoms with Gasteiger partial charge in [-0.25, -0.2) is 4.68 Å². The molecule has 0 radical (unpaired) electrons. The Morgan fingerprint density at radius 2 is 2.07 bits per heavy atom. The number of benzene rings is 1. The number of likely N-dealkylation sites (tertiary alicyclic amines) is 1. The van der Waals surface area contributed by atoms with E-state index in [1.54, 1.807) is 6.92 Å². The second-order valence-corrected chi connectivity index (χ2v) is 8.55. The lowest BCUT2D eigenvalue weighted by Gasteiger charge is -2.33. The van der Waals surface area contributed by atoms with Crippen molar-refractivity contribution in [2.75, 3.05) is 6.54 Å². The Hall–Kier alpha value is -2.96. The van der Waals surface area contributed by atoms with Crippen LogP contribution in [0.2, 0.25) is 0 Å². The Labute approximate surface area is 177 Å². The van der Waals surface area contributed by atoms with Crippen molar-refractivity contribution in [2.45, 2.75) is 59.4 Å². The van der Waals surface area contributed by atoms with Crippen molar-refractivity contribution in [1.29, 1.82) is 0 Å². The molecule has 1 saturated heterocycles. The molecule has 7 nitrogen and oxygen atoms in total. The summed E-state index contributed by atoms with van der Waals surface area (Å²) in [6.07, 6.45) is 4.17. The standard InChI is InChI=1S/C23H29N5O2/c1-15(2)12-20-14-21(22-25-24-17(4)30-22)26-28(20)19-10-7-9-18(13-19)23(29)27-11-6-5-8-16(27)3/h7,9-10,13-16H,5-6,8,11-12H2,1-4H3/t16-/m1/s1. The van der Waals surface area contributed by atoms with Gasteiger partial charge < -0.3 is 9.32 Å². The van der Waals surface area contributed by atoms with Crippen LogP contribution in [-0.2, 0) is 6.42 Å². The van der Waals surface area contributed by atoms with Crippen molar-refractivity contribution in [3.05, 3.63) is 47.5 Å². The lowest BCUT2D eigenvalue weighted by Crippen LogP contribution is -2.42. The smallest absolute Gasteiger partial charge is 0.268 e. The minimum absolute atomic E-state index is 0.0920. The largest absolute Gasteiger partial charge is 0.420 e. The molecule has 1 aliphatic rings. The van der Waals surface area contributed by atoms with E-state index in [0.29, 0.717) is 29.0 Å². The molecule has 4 rings (SSSR count). The van der Waals surface area contributed by atoms with Gasteiger partial charge in [-0.1, -0.05) is 19.9 Å². The van der Waals surface area contributed by atoms with Gasteiger partial charge in [0.25, 0.3) is 11.8 Å². The van der Waals surface area contributed by atoms with Gasteiger partial charge in [-0.2, -0.15) is 5.10 Å². The molecule has 1 fully saturated rings. The Balaban J connectivity index is 1.70. The number of aromatic nitrogens is 4. The lowest BCUT2D eigenvalue weighted by molar-refractivity contribution is 0.0635. The van der Waals surface area contributed by atoms with Crippen LogP contribution in [0.25, 0.3) is 17.3 Å². The number of hydrogen-bond acceptors (Lipinski definition) is 5. The lowest BCUT2D eigenvalue weighted by atomic mass is 10.0. The number of aryl methyl sites for hydroxylation is 1. The summed E-state index contributed by atoms with van der Waals surface area (Å²) >= 11 is 0. The highest BCUT2D eigenvalue weighted by atomic mass is 16.4. The van der Waals surface area contributed by atoms with Gasteiger partial charge in [-0.05, 0) is 62.8 Å². The molecule has 0 saturated carbocycles. The predicted molar refractivity (Wildman–Crippen MR) is 114 cm³/mol. The van der Waals surface area contributed by atoms with Gasteiger partial charge in [0.1, 0.15) is 5.69 Å². The third-order valence-electron chi connectivity index (χ3n) is 5.55. The zero-order chi connectivity index (χ0) is 21.3. The first kappa shape index (κ1) is 20.3. The topological polar surface area (TPSA) is 77.1 Å². The summed E-state index contributed by atoms with van der Waals surface area (Å²) in [5.74, 6) is 1.46. The van der Waals surface area contributed by atoms with Crippen LogP contribution in [0.15, 0.2) is 34.7 Å². The van der Waals surface area contributed by atoms with E-state index in [9.17, 15) is 4.79 Å². The molecule has 1 atom stereocenters. The van der Waals surface area contributed by atoms with Crippen molar-refractivity contribution < 1.29 is 9.21 Å². The fraction of sp³-hybridized carbons (Fsp3) is 0.478. The maximum absolute atomic E-state index is 13.1.